The second-order valence-corrected chi connectivity index (χ2v) is 5.64. The van der Waals surface area contributed by atoms with Gasteiger partial charge in [-0.2, -0.15) is 0 Å². The summed E-state index contributed by atoms with van der Waals surface area (Å²) >= 11 is 0. The van der Waals surface area contributed by atoms with Gasteiger partial charge >= 0.3 is 0 Å². The molecule has 0 aliphatic heterocycles. The lowest BCUT2D eigenvalue weighted by molar-refractivity contribution is -0.384. The maximum atomic E-state index is 8.58. The summed E-state index contributed by atoms with van der Waals surface area (Å²) < 4.78 is 0. The molecule has 4 nitrogen and oxygen atoms in total. The average Bonchev–Trinajstić information content (AvgIpc) is 2.12. The first-order chi connectivity index (χ1) is 6.97. The van der Waals surface area contributed by atoms with Gasteiger partial charge in [0.05, 0.1) is 5.60 Å². The first kappa shape index (κ1) is 15.4. The predicted molar refractivity (Wildman–Crippen MR) is 61.6 cm³/mol. The summed E-state index contributed by atoms with van der Waals surface area (Å²) in [5, 5.41) is 8.58. The normalized spacial score (nSPS) is 13.2. The average molecular weight is 230 g/mol. The molecule has 0 amide bonds. The molecule has 0 atom stereocenters. The lowest BCUT2D eigenvalue weighted by Gasteiger charge is -2.25. The smallest absolute Gasteiger partial charge is 0.158 e. The van der Waals surface area contributed by atoms with Gasteiger partial charge in [-0.3, -0.25) is 5.26 Å². The molecule has 0 spiro atoms. The van der Waals surface area contributed by atoms with Gasteiger partial charge in [0.1, 0.15) is 0 Å². The summed E-state index contributed by atoms with van der Waals surface area (Å²) in [7, 11) is 0. The zero-order valence-corrected chi connectivity index (χ0v) is 11.2. The minimum Gasteiger partial charge on any atom is -0.250 e. The summed E-state index contributed by atoms with van der Waals surface area (Å²) in [5.74, 6) is 5.60. The molecule has 0 fully saturated rings. The van der Waals surface area contributed by atoms with E-state index in [1.54, 1.807) is 27.7 Å². The third-order valence-corrected chi connectivity index (χ3v) is 1.39. The Kier molecular flexibility index (Phi) is 4.96. The molecule has 0 saturated carbocycles. The third-order valence-electron chi connectivity index (χ3n) is 1.39. The van der Waals surface area contributed by atoms with Crippen molar-refractivity contribution in [2.45, 2.75) is 65.3 Å². The van der Waals surface area contributed by atoms with E-state index in [1.165, 1.54) is 0 Å². The maximum Gasteiger partial charge on any atom is 0.158 e. The Labute approximate surface area is 97.7 Å². The first-order valence-electron chi connectivity index (χ1n) is 5.21. The van der Waals surface area contributed by atoms with Crippen LogP contribution in [0.25, 0.3) is 0 Å². The Morgan fingerprint density at radius 2 is 1.19 bits per heavy atom. The van der Waals surface area contributed by atoms with Gasteiger partial charge in [-0.25, -0.2) is 14.7 Å². The van der Waals surface area contributed by atoms with Crippen LogP contribution in [0.15, 0.2) is 0 Å². The number of hydrogen-bond acceptors (Lipinski definition) is 4. The largest absolute Gasteiger partial charge is 0.250 e. The van der Waals surface area contributed by atoms with Crippen molar-refractivity contribution in [2.24, 2.45) is 0 Å². The molecular weight excluding hydrogens is 208 g/mol. The molecule has 0 aromatic carbocycles. The maximum absolute atomic E-state index is 8.58. The van der Waals surface area contributed by atoms with E-state index in [1.807, 2.05) is 20.8 Å². The summed E-state index contributed by atoms with van der Waals surface area (Å²) in [4.78, 5) is 14.6. The van der Waals surface area contributed by atoms with Crippen molar-refractivity contribution < 1.29 is 19.9 Å². The highest BCUT2D eigenvalue weighted by Crippen LogP contribution is 2.16. The van der Waals surface area contributed by atoms with Crippen LogP contribution in [0.1, 0.15) is 48.5 Å². The summed E-state index contributed by atoms with van der Waals surface area (Å²) in [6.45, 7) is 12.5. The van der Waals surface area contributed by atoms with E-state index < -0.39 is 11.2 Å². The van der Waals surface area contributed by atoms with E-state index in [0.717, 1.165) is 0 Å². The summed E-state index contributed by atoms with van der Waals surface area (Å²) in [6, 6.07) is 0. The fourth-order valence-electron chi connectivity index (χ4n) is 0.574. The fourth-order valence-corrected chi connectivity index (χ4v) is 0.574. The second kappa shape index (κ2) is 5.15. The Morgan fingerprint density at radius 1 is 0.750 bits per heavy atom. The van der Waals surface area contributed by atoms with Crippen molar-refractivity contribution in [1.82, 2.24) is 0 Å². The molecule has 0 bridgehead atoms. The minimum absolute atomic E-state index is 0.387. The summed E-state index contributed by atoms with van der Waals surface area (Å²) in [6.07, 6.45) is 0. The van der Waals surface area contributed by atoms with E-state index in [0.29, 0.717) is 0 Å². The molecule has 0 rings (SSSR count). The van der Waals surface area contributed by atoms with Gasteiger partial charge < -0.3 is 0 Å². The van der Waals surface area contributed by atoms with Crippen LogP contribution >= 0.6 is 0 Å². The Balaban J connectivity index is 4.46. The van der Waals surface area contributed by atoms with Crippen LogP contribution in [0.2, 0.25) is 0 Å². The molecule has 4 heteroatoms. The lowest BCUT2D eigenvalue weighted by atomic mass is 10.1. The standard InChI is InChI=1S/C12H22O4/c1-10(2,3)15-16-12(6,7)9-8-11(4,5)14-13/h13H,1-7H3. The monoisotopic (exact) mass is 230 g/mol. The van der Waals surface area contributed by atoms with Crippen molar-refractivity contribution in [2.75, 3.05) is 0 Å². The highest BCUT2D eigenvalue weighted by Gasteiger charge is 2.23. The van der Waals surface area contributed by atoms with Gasteiger partial charge in [0.2, 0.25) is 0 Å². The van der Waals surface area contributed by atoms with Crippen LogP contribution in [0.3, 0.4) is 0 Å². The number of hydrogen-bond donors (Lipinski definition) is 1. The van der Waals surface area contributed by atoms with Gasteiger partial charge in [-0.1, -0.05) is 11.8 Å². The molecule has 0 aliphatic carbocycles. The molecule has 0 unspecified atom stereocenters. The van der Waals surface area contributed by atoms with Gasteiger partial charge in [0.15, 0.2) is 11.2 Å². The summed E-state index contributed by atoms with van der Waals surface area (Å²) in [5.41, 5.74) is -2.06. The van der Waals surface area contributed by atoms with Crippen molar-refractivity contribution >= 4 is 0 Å². The van der Waals surface area contributed by atoms with Crippen molar-refractivity contribution in [3.63, 3.8) is 0 Å². The number of rotatable bonds is 3. The molecule has 0 aromatic rings. The molecule has 94 valence electrons. The molecule has 16 heavy (non-hydrogen) atoms. The fraction of sp³-hybridized carbons (Fsp3) is 0.833. The van der Waals surface area contributed by atoms with Crippen molar-refractivity contribution in [3.05, 3.63) is 0 Å². The zero-order chi connectivity index (χ0) is 13.0. The van der Waals surface area contributed by atoms with Gasteiger partial charge in [-0.05, 0) is 48.5 Å². The Bertz CT molecular complexity index is 276. The topological polar surface area (TPSA) is 47.9 Å². The third kappa shape index (κ3) is 7.66. The van der Waals surface area contributed by atoms with Crippen LogP contribution in [0.5, 0.6) is 0 Å². The second-order valence-electron chi connectivity index (χ2n) is 5.64. The van der Waals surface area contributed by atoms with Crippen molar-refractivity contribution in [1.29, 1.82) is 0 Å². The molecule has 0 aromatic heterocycles. The molecule has 0 saturated heterocycles. The SMILES string of the molecule is CC(C)(C)OOC(C)(C)C#CC(C)(C)OO. The van der Waals surface area contributed by atoms with Crippen LogP contribution in [0, 0.1) is 11.8 Å². The minimum atomic E-state index is -0.914. The molecule has 0 radical (unpaired) electrons. The predicted octanol–water partition coefficient (Wildman–Crippen LogP) is 2.78. The molecule has 0 heterocycles. The van der Waals surface area contributed by atoms with E-state index in [4.69, 9.17) is 15.0 Å². The van der Waals surface area contributed by atoms with E-state index in [9.17, 15) is 0 Å². The molecular formula is C12H22O4. The van der Waals surface area contributed by atoms with E-state index in [-0.39, 0.29) is 5.60 Å². The van der Waals surface area contributed by atoms with Crippen LogP contribution in [0.4, 0.5) is 0 Å². The van der Waals surface area contributed by atoms with Crippen LogP contribution in [-0.2, 0) is 14.7 Å². The zero-order valence-electron chi connectivity index (χ0n) is 11.2. The lowest BCUT2D eigenvalue weighted by Crippen LogP contribution is -2.30. The Morgan fingerprint density at radius 3 is 1.56 bits per heavy atom. The first-order valence-corrected chi connectivity index (χ1v) is 5.21. The van der Waals surface area contributed by atoms with Gasteiger partial charge in [-0.15, -0.1) is 0 Å². The van der Waals surface area contributed by atoms with Crippen LogP contribution in [-0.4, -0.2) is 22.1 Å². The van der Waals surface area contributed by atoms with Gasteiger partial charge in [0.25, 0.3) is 0 Å². The van der Waals surface area contributed by atoms with Crippen LogP contribution < -0.4 is 0 Å². The quantitative estimate of drug-likeness (QED) is 0.460. The van der Waals surface area contributed by atoms with Gasteiger partial charge in [0, 0.05) is 0 Å². The highest BCUT2D eigenvalue weighted by atomic mass is 17.2. The van der Waals surface area contributed by atoms with E-state index in [2.05, 4.69) is 16.7 Å². The van der Waals surface area contributed by atoms with E-state index >= 15 is 0 Å². The molecule has 1 N–H and O–H groups in total. The highest BCUT2D eigenvalue weighted by molar-refractivity contribution is 5.17. The molecule has 0 aliphatic rings. The Hall–Kier alpha value is -0.600. The van der Waals surface area contributed by atoms with Crippen molar-refractivity contribution in [3.8, 4) is 11.8 Å².